The number of hydrogen-bond donors (Lipinski definition) is 1. The van der Waals surface area contributed by atoms with Gasteiger partial charge in [0.15, 0.2) is 6.61 Å². The van der Waals surface area contributed by atoms with Gasteiger partial charge in [-0.05, 0) is 43.5 Å². The second-order valence-electron chi connectivity index (χ2n) is 8.55. The lowest BCUT2D eigenvalue weighted by atomic mass is 9.95. The number of nitrogens with one attached hydrogen (secondary N) is 1. The molecular formula is C25H30ClN3O6. The van der Waals surface area contributed by atoms with Crippen LogP contribution in [0.1, 0.15) is 44.6 Å². The molecule has 1 atom stereocenters. The van der Waals surface area contributed by atoms with Gasteiger partial charge >= 0.3 is 5.69 Å². The lowest BCUT2D eigenvalue weighted by Gasteiger charge is -2.31. The van der Waals surface area contributed by atoms with Gasteiger partial charge in [0, 0.05) is 29.7 Å². The highest BCUT2D eigenvalue weighted by molar-refractivity contribution is 6.30. The van der Waals surface area contributed by atoms with Crippen molar-refractivity contribution in [3.05, 3.63) is 63.2 Å². The second-order valence-corrected chi connectivity index (χ2v) is 8.98. The molecule has 10 heteroatoms. The molecule has 0 bridgehead atoms. The Hall–Kier alpha value is -3.33. The number of amides is 2. The zero-order chi connectivity index (χ0) is 25.4. The third-order valence-electron chi connectivity index (χ3n) is 6.10. The Morgan fingerprint density at radius 1 is 1.17 bits per heavy atom. The van der Waals surface area contributed by atoms with Crippen LogP contribution < -0.4 is 14.8 Å². The fraction of sp³-hybridized carbons (Fsp3) is 0.440. The standard InChI is InChI=1S/C25H30ClN3O6/c1-17(25(31)27-20-6-4-3-5-7-20)28(15-18-8-10-19(26)11-9-18)24(30)16-35-21-12-13-22(29(32)33)23(14-21)34-2/h8-14,17,20H,3-7,15-16H2,1-2H3,(H,27,31). The molecule has 1 unspecified atom stereocenters. The fourth-order valence-corrected chi connectivity index (χ4v) is 4.19. The molecule has 1 aliphatic carbocycles. The topological polar surface area (TPSA) is 111 Å². The molecule has 35 heavy (non-hydrogen) atoms. The number of methoxy groups -OCH3 is 1. The maximum absolute atomic E-state index is 13.2. The molecule has 0 spiro atoms. The number of benzene rings is 2. The first-order valence-electron chi connectivity index (χ1n) is 11.6. The molecule has 9 nitrogen and oxygen atoms in total. The molecule has 1 saturated carbocycles. The molecule has 1 fully saturated rings. The predicted molar refractivity (Wildman–Crippen MR) is 132 cm³/mol. The summed E-state index contributed by atoms with van der Waals surface area (Å²) >= 11 is 5.99. The van der Waals surface area contributed by atoms with Crippen LogP contribution in [0, 0.1) is 10.1 Å². The number of nitro groups is 1. The molecule has 2 amide bonds. The van der Waals surface area contributed by atoms with Crippen LogP contribution >= 0.6 is 11.6 Å². The van der Waals surface area contributed by atoms with Crippen molar-refractivity contribution in [3.63, 3.8) is 0 Å². The van der Waals surface area contributed by atoms with Crippen molar-refractivity contribution in [2.45, 2.75) is 57.7 Å². The average Bonchev–Trinajstić information content (AvgIpc) is 2.86. The monoisotopic (exact) mass is 503 g/mol. The van der Waals surface area contributed by atoms with Crippen LogP contribution in [0.25, 0.3) is 0 Å². The Morgan fingerprint density at radius 3 is 2.49 bits per heavy atom. The molecule has 3 rings (SSSR count). The summed E-state index contributed by atoms with van der Waals surface area (Å²) in [5.74, 6) is -0.343. The first kappa shape index (κ1) is 26.3. The number of hydrogen-bond acceptors (Lipinski definition) is 6. The van der Waals surface area contributed by atoms with Gasteiger partial charge < -0.3 is 19.7 Å². The van der Waals surface area contributed by atoms with E-state index >= 15 is 0 Å². The summed E-state index contributed by atoms with van der Waals surface area (Å²) in [6.07, 6.45) is 5.22. The molecule has 0 saturated heterocycles. The molecule has 188 valence electrons. The highest BCUT2D eigenvalue weighted by Gasteiger charge is 2.28. The minimum Gasteiger partial charge on any atom is -0.490 e. The van der Waals surface area contributed by atoms with Gasteiger partial charge in [-0.15, -0.1) is 0 Å². The minimum absolute atomic E-state index is 0.0261. The first-order valence-corrected chi connectivity index (χ1v) is 12.0. The minimum atomic E-state index is -0.727. The quantitative estimate of drug-likeness (QED) is 0.377. The Balaban J connectivity index is 1.73. The summed E-state index contributed by atoms with van der Waals surface area (Å²) in [7, 11) is 1.32. The van der Waals surface area contributed by atoms with Gasteiger partial charge in [-0.3, -0.25) is 19.7 Å². The summed E-state index contributed by atoms with van der Waals surface area (Å²) in [5, 5.41) is 14.8. The van der Waals surface area contributed by atoms with Crippen molar-refractivity contribution in [3.8, 4) is 11.5 Å². The molecule has 0 aliphatic heterocycles. The average molecular weight is 504 g/mol. The number of nitro benzene ring substituents is 1. The molecule has 2 aromatic carbocycles. The Labute approximate surface area is 209 Å². The Bertz CT molecular complexity index is 1040. The number of ether oxygens (including phenoxy) is 2. The van der Waals surface area contributed by atoms with Gasteiger partial charge in [-0.2, -0.15) is 0 Å². The maximum Gasteiger partial charge on any atom is 0.311 e. The van der Waals surface area contributed by atoms with Crippen LogP contribution in [0.4, 0.5) is 5.69 Å². The highest BCUT2D eigenvalue weighted by atomic mass is 35.5. The molecule has 2 aromatic rings. The van der Waals surface area contributed by atoms with Crippen molar-refractivity contribution in [2.24, 2.45) is 0 Å². The maximum atomic E-state index is 13.2. The second kappa shape index (κ2) is 12.4. The smallest absolute Gasteiger partial charge is 0.311 e. The fourth-order valence-electron chi connectivity index (χ4n) is 4.06. The summed E-state index contributed by atoms with van der Waals surface area (Å²) in [6, 6.07) is 10.5. The third-order valence-corrected chi connectivity index (χ3v) is 6.35. The Kier molecular flexibility index (Phi) is 9.31. The van der Waals surface area contributed by atoms with Gasteiger partial charge in [0.05, 0.1) is 12.0 Å². The Morgan fingerprint density at radius 2 is 1.86 bits per heavy atom. The number of halogens is 1. The van der Waals surface area contributed by atoms with E-state index in [4.69, 9.17) is 21.1 Å². The molecular weight excluding hydrogens is 474 g/mol. The van der Waals surface area contributed by atoms with Gasteiger partial charge in [-0.1, -0.05) is 43.0 Å². The van der Waals surface area contributed by atoms with Crippen LogP contribution in [-0.2, 0) is 16.1 Å². The third kappa shape index (κ3) is 7.32. The number of rotatable bonds is 10. The van der Waals surface area contributed by atoms with Gasteiger partial charge in [0.1, 0.15) is 11.8 Å². The summed E-state index contributed by atoms with van der Waals surface area (Å²) in [5.41, 5.74) is 0.612. The normalized spacial score (nSPS) is 14.6. The molecule has 0 heterocycles. The lowest BCUT2D eigenvalue weighted by Crippen LogP contribution is -2.51. The summed E-state index contributed by atoms with van der Waals surface area (Å²) in [4.78, 5) is 38.2. The summed E-state index contributed by atoms with van der Waals surface area (Å²) in [6.45, 7) is 1.54. The van der Waals surface area contributed by atoms with E-state index in [9.17, 15) is 19.7 Å². The molecule has 0 aromatic heterocycles. The van der Waals surface area contributed by atoms with Gasteiger partial charge in [0.25, 0.3) is 5.91 Å². The van der Waals surface area contributed by atoms with Crippen LogP contribution in [0.3, 0.4) is 0 Å². The number of nitrogens with zero attached hydrogens (tertiary/aromatic N) is 2. The van der Waals surface area contributed by atoms with Crippen LogP contribution in [0.5, 0.6) is 11.5 Å². The van der Waals surface area contributed by atoms with E-state index in [2.05, 4.69) is 5.32 Å². The van der Waals surface area contributed by atoms with E-state index in [1.165, 1.54) is 36.6 Å². The van der Waals surface area contributed by atoms with E-state index < -0.39 is 16.9 Å². The van der Waals surface area contributed by atoms with Gasteiger partial charge in [-0.25, -0.2) is 0 Å². The van der Waals surface area contributed by atoms with Gasteiger partial charge in [0.2, 0.25) is 11.7 Å². The van der Waals surface area contributed by atoms with E-state index in [1.54, 1.807) is 31.2 Å². The van der Waals surface area contributed by atoms with E-state index in [1.807, 2.05) is 0 Å². The van der Waals surface area contributed by atoms with Crippen LogP contribution in [0.15, 0.2) is 42.5 Å². The zero-order valence-electron chi connectivity index (χ0n) is 19.9. The van der Waals surface area contributed by atoms with Crippen molar-refractivity contribution >= 4 is 29.1 Å². The van der Waals surface area contributed by atoms with Crippen LogP contribution in [-0.4, -0.2) is 47.4 Å². The van der Waals surface area contributed by atoms with E-state index in [-0.39, 0.29) is 42.3 Å². The lowest BCUT2D eigenvalue weighted by molar-refractivity contribution is -0.385. The van der Waals surface area contributed by atoms with Crippen molar-refractivity contribution in [1.29, 1.82) is 0 Å². The van der Waals surface area contributed by atoms with E-state index in [0.717, 1.165) is 31.2 Å². The van der Waals surface area contributed by atoms with Crippen molar-refractivity contribution in [1.82, 2.24) is 10.2 Å². The summed E-state index contributed by atoms with van der Waals surface area (Å²) < 4.78 is 10.7. The first-order chi connectivity index (χ1) is 16.8. The zero-order valence-corrected chi connectivity index (χ0v) is 20.6. The van der Waals surface area contributed by atoms with E-state index in [0.29, 0.717) is 5.02 Å². The largest absolute Gasteiger partial charge is 0.490 e. The van der Waals surface area contributed by atoms with Crippen molar-refractivity contribution in [2.75, 3.05) is 13.7 Å². The number of carbonyl (C=O) groups is 2. The number of carbonyl (C=O) groups excluding carboxylic acids is 2. The molecule has 0 radical (unpaired) electrons. The molecule has 1 aliphatic rings. The van der Waals surface area contributed by atoms with Crippen molar-refractivity contribution < 1.29 is 24.0 Å². The predicted octanol–water partition coefficient (Wildman–Crippen LogP) is 4.50. The van der Waals surface area contributed by atoms with Crippen LogP contribution in [0.2, 0.25) is 5.02 Å². The molecule has 1 N–H and O–H groups in total. The highest BCUT2D eigenvalue weighted by Crippen LogP contribution is 2.30. The SMILES string of the molecule is COc1cc(OCC(=O)N(Cc2ccc(Cl)cc2)C(C)C(=O)NC2CCCCC2)ccc1[N+](=O)[O-].